The first kappa shape index (κ1) is 13.1. The van der Waals surface area contributed by atoms with Crippen molar-refractivity contribution in [3.05, 3.63) is 20.8 Å². The van der Waals surface area contributed by atoms with Crippen LogP contribution in [0.1, 0.15) is 24.6 Å². The van der Waals surface area contributed by atoms with Gasteiger partial charge in [0.15, 0.2) is 0 Å². The summed E-state index contributed by atoms with van der Waals surface area (Å²) in [5, 5.41) is 11.2. The number of likely N-dealkylation sites (tertiary alicyclic amines) is 1. The highest BCUT2D eigenvalue weighted by Crippen LogP contribution is 2.29. The van der Waals surface area contributed by atoms with Crippen molar-refractivity contribution < 1.29 is 9.90 Å². The molecule has 1 fully saturated rings. The molecular formula is C12H16BrNO2S. The Bertz CT molecular complexity index is 407. The highest BCUT2D eigenvalue weighted by Gasteiger charge is 2.32. The van der Waals surface area contributed by atoms with Gasteiger partial charge in [-0.25, -0.2) is 0 Å². The van der Waals surface area contributed by atoms with Gasteiger partial charge in [-0.1, -0.05) is 0 Å². The van der Waals surface area contributed by atoms with Crippen LogP contribution in [0.3, 0.4) is 0 Å². The number of carboxylic acids is 1. The topological polar surface area (TPSA) is 40.5 Å². The third-order valence-corrected chi connectivity index (χ3v) is 5.38. The average molecular weight is 318 g/mol. The second-order valence-electron chi connectivity index (χ2n) is 4.49. The molecule has 0 bridgehead atoms. The molecule has 5 heteroatoms. The summed E-state index contributed by atoms with van der Waals surface area (Å²) in [6.07, 6.45) is 1.78. The van der Waals surface area contributed by atoms with Crippen LogP contribution in [0.25, 0.3) is 0 Å². The molecule has 17 heavy (non-hydrogen) atoms. The molecule has 0 unspecified atom stereocenters. The maximum atomic E-state index is 11.1. The van der Waals surface area contributed by atoms with Gasteiger partial charge in [0.25, 0.3) is 0 Å². The monoisotopic (exact) mass is 317 g/mol. The van der Waals surface area contributed by atoms with Crippen molar-refractivity contribution in [2.75, 3.05) is 6.54 Å². The lowest BCUT2D eigenvalue weighted by Gasteiger charge is -2.37. The summed E-state index contributed by atoms with van der Waals surface area (Å²) in [7, 11) is 0. The van der Waals surface area contributed by atoms with E-state index in [-0.39, 0.29) is 12.0 Å². The van der Waals surface area contributed by atoms with Gasteiger partial charge >= 0.3 is 5.97 Å². The highest BCUT2D eigenvalue weighted by molar-refractivity contribution is 9.10. The van der Waals surface area contributed by atoms with Crippen LogP contribution in [0.4, 0.5) is 0 Å². The number of carboxylic acid groups (broad SMARTS) is 1. The normalized spacial score (nSPS) is 26.0. The van der Waals surface area contributed by atoms with Gasteiger partial charge < -0.3 is 5.11 Å². The quantitative estimate of drug-likeness (QED) is 0.930. The van der Waals surface area contributed by atoms with E-state index in [4.69, 9.17) is 0 Å². The molecule has 1 aromatic rings. The molecule has 0 radical (unpaired) electrons. The fourth-order valence-electron chi connectivity index (χ4n) is 2.39. The number of halogens is 1. The van der Waals surface area contributed by atoms with Crippen LogP contribution < -0.4 is 0 Å². The number of rotatable bonds is 3. The second kappa shape index (κ2) is 5.50. The van der Waals surface area contributed by atoms with Crippen LogP contribution in [-0.4, -0.2) is 28.6 Å². The van der Waals surface area contributed by atoms with E-state index in [0.717, 1.165) is 30.4 Å². The molecule has 1 aromatic heterocycles. The summed E-state index contributed by atoms with van der Waals surface area (Å²) in [5.41, 5.74) is 0. The van der Waals surface area contributed by atoms with Crippen LogP contribution in [0.15, 0.2) is 15.9 Å². The van der Waals surface area contributed by atoms with Gasteiger partial charge in [0.2, 0.25) is 0 Å². The van der Waals surface area contributed by atoms with E-state index in [9.17, 15) is 9.90 Å². The molecule has 1 aliphatic heterocycles. The van der Waals surface area contributed by atoms with E-state index in [1.165, 1.54) is 4.88 Å². The smallest absolute Gasteiger partial charge is 0.308 e. The standard InChI is InChI=1S/C12H16BrNO2S/c1-8-9(12(15)16)3-2-5-14(8)7-11-10(13)4-6-17-11/h4,6,8-9H,2-3,5,7H2,1H3,(H,15,16)/t8-,9-/m1/s1. The molecule has 2 heterocycles. The third-order valence-electron chi connectivity index (χ3n) is 3.47. The Morgan fingerprint density at radius 3 is 3.06 bits per heavy atom. The van der Waals surface area contributed by atoms with E-state index < -0.39 is 5.97 Å². The number of hydrogen-bond acceptors (Lipinski definition) is 3. The zero-order valence-corrected chi connectivity index (χ0v) is 12.1. The van der Waals surface area contributed by atoms with Crippen LogP contribution in [-0.2, 0) is 11.3 Å². The van der Waals surface area contributed by atoms with Crippen molar-refractivity contribution in [1.82, 2.24) is 4.90 Å². The van der Waals surface area contributed by atoms with Crippen molar-refractivity contribution in [3.8, 4) is 0 Å². The van der Waals surface area contributed by atoms with Crippen LogP contribution in [0.5, 0.6) is 0 Å². The number of piperidine rings is 1. The lowest BCUT2D eigenvalue weighted by molar-refractivity contribution is -0.145. The largest absolute Gasteiger partial charge is 0.481 e. The number of nitrogens with zero attached hydrogens (tertiary/aromatic N) is 1. The first-order valence-electron chi connectivity index (χ1n) is 5.78. The minimum atomic E-state index is -0.660. The molecule has 0 saturated carbocycles. The molecule has 1 aliphatic rings. The van der Waals surface area contributed by atoms with E-state index in [1.807, 2.05) is 13.0 Å². The van der Waals surface area contributed by atoms with E-state index in [0.29, 0.717) is 0 Å². The van der Waals surface area contributed by atoms with E-state index in [2.05, 4.69) is 26.2 Å². The zero-order valence-electron chi connectivity index (χ0n) is 9.73. The minimum absolute atomic E-state index is 0.121. The zero-order chi connectivity index (χ0) is 12.4. The fourth-order valence-corrected chi connectivity index (χ4v) is 3.89. The van der Waals surface area contributed by atoms with Crippen molar-refractivity contribution >= 4 is 33.2 Å². The number of carbonyl (C=O) groups is 1. The van der Waals surface area contributed by atoms with Crippen molar-refractivity contribution in [2.24, 2.45) is 5.92 Å². The summed E-state index contributed by atoms with van der Waals surface area (Å²) in [6, 6.07) is 2.17. The summed E-state index contributed by atoms with van der Waals surface area (Å²) >= 11 is 5.24. The fraction of sp³-hybridized carbons (Fsp3) is 0.583. The average Bonchev–Trinajstić information content (AvgIpc) is 2.67. The Morgan fingerprint density at radius 1 is 1.71 bits per heavy atom. The van der Waals surface area contributed by atoms with Gasteiger partial charge in [-0.2, -0.15) is 0 Å². The highest BCUT2D eigenvalue weighted by atomic mass is 79.9. The minimum Gasteiger partial charge on any atom is -0.481 e. The van der Waals surface area contributed by atoms with Gasteiger partial charge in [-0.3, -0.25) is 9.69 Å². The maximum absolute atomic E-state index is 11.1. The molecule has 0 spiro atoms. The number of thiophene rings is 1. The molecule has 0 aromatic carbocycles. The lowest BCUT2D eigenvalue weighted by atomic mass is 9.90. The molecule has 2 rings (SSSR count). The molecule has 94 valence electrons. The van der Waals surface area contributed by atoms with Crippen molar-refractivity contribution in [3.63, 3.8) is 0 Å². The van der Waals surface area contributed by atoms with Gasteiger partial charge in [-0.15, -0.1) is 11.3 Å². The molecule has 2 atom stereocenters. The molecule has 0 amide bonds. The lowest BCUT2D eigenvalue weighted by Crippen LogP contribution is -2.45. The van der Waals surface area contributed by atoms with Crippen molar-refractivity contribution in [2.45, 2.75) is 32.4 Å². The first-order chi connectivity index (χ1) is 8.09. The van der Waals surface area contributed by atoms with Crippen LogP contribution >= 0.6 is 27.3 Å². The van der Waals surface area contributed by atoms with Gasteiger partial charge in [0.1, 0.15) is 0 Å². The third kappa shape index (κ3) is 2.89. The Hall–Kier alpha value is -0.390. The van der Waals surface area contributed by atoms with Crippen LogP contribution in [0.2, 0.25) is 0 Å². The maximum Gasteiger partial charge on any atom is 0.308 e. The molecule has 3 nitrogen and oxygen atoms in total. The SMILES string of the molecule is C[C@@H]1[C@H](C(=O)O)CCCN1Cc1sccc1Br. The van der Waals surface area contributed by atoms with Crippen molar-refractivity contribution in [1.29, 1.82) is 0 Å². The summed E-state index contributed by atoms with van der Waals surface area (Å²) in [6.45, 7) is 3.87. The van der Waals surface area contributed by atoms with Crippen LogP contribution in [0, 0.1) is 5.92 Å². The first-order valence-corrected chi connectivity index (χ1v) is 7.45. The molecule has 1 N–H and O–H groups in total. The van der Waals surface area contributed by atoms with Gasteiger partial charge in [-0.05, 0) is 53.7 Å². The molecule has 1 saturated heterocycles. The Kier molecular flexibility index (Phi) is 4.22. The summed E-state index contributed by atoms with van der Waals surface area (Å²) < 4.78 is 1.13. The predicted octanol–water partition coefficient (Wildman–Crippen LogP) is 3.20. The molecule has 0 aliphatic carbocycles. The van der Waals surface area contributed by atoms with Gasteiger partial charge in [0, 0.05) is 21.9 Å². The number of hydrogen-bond donors (Lipinski definition) is 1. The second-order valence-corrected chi connectivity index (χ2v) is 6.34. The Labute approximate surface area is 114 Å². The van der Waals surface area contributed by atoms with Gasteiger partial charge in [0.05, 0.1) is 5.92 Å². The number of aliphatic carboxylic acids is 1. The Balaban J connectivity index is 2.06. The summed E-state index contributed by atoms with van der Waals surface area (Å²) in [5.74, 6) is -0.880. The predicted molar refractivity (Wildman–Crippen MR) is 72.3 cm³/mol. The van der Waals surface area contributed by atoms with E-state index >= 15 is 0 Å². The summed E-state index contributed by atoms with van der Waals surface area (Å²) in [4.78, 5) is 14.7. The van der Waals surface area contributed by atoms with E-state index in [1.54, 1.807) is 11.3 Å². The molecular weight excluding hydrogens is 302 g/mol. The Morgan fingerprint density at radius 2 is 2.47 bits per heavy atom.